The van der Waals surface area contributed by atoms with Crippen LogP contribution < -0.4 is 20.5 Å². The Bertz CT molecular complexity index is 1400. The number of ether oxygens (including phenoxy) is 1. The lowest BCUT2D eigenvalue weighted by molar-refractivity contribution is 0.484. The number of nitrogens with zero attached hydrogens (tertiary/aromatic N) is 1. The summed E-state index contributed by atoms with van der Waals surface area (Å²) in [5.41, 5.74) is 7.26. The van der Waals surface area contributed by atoms with Gasteiger partial charge in [0.15, 0.2) is 0 Å². The highest BCUT2D eigenvalue weighted by molar-refractivity contribution is 6.90. The first-order valence-electron chi connectivity index (χ1n) is 11.2. The van der Waals surface area contributed by atoms with Crippen LogP contribution in [0.15, 0.2) is 133 Å². The van der Waals surface area contributed by atoms with Crippen LogP contribution in [0.5, 0.6) is 11.5 Å². The summed E-state index contributed by atoms with van der Waals surface area (Å²) in [7, 11) is 0. The highest BCUT2D eigenvalue weighted by atomic mass is 16.5. The third-order valence-electron chi connectivity index (χ3n) is 6.18. The van der Waals surface area contributed by atoms with Crippen LogP contribution in [0, 0.1) is 0 Å². The van der Waals surface area contributed by atoms with Crippen molar-refractivity contribution in [1.29, 1.82) is 0 Å². The summed E-state index contributed by atoms with van der Waals surface area (Å²) < 4.78 is 6.41. The zero-order valence-corrected chi connectivity index (χ0v) is 18.1. The first-order valence-corrected chi connectivity index (χ1v) is 11.2. The molecule has 5 aromatic carbocycles. The van der Waals surface area contributed by atoms with Gasteiger partial charge in [0, 0.05) is 11.3 Å². The number of hydrogen-bond acceptors (Lipinski definition) is 2. The van der Waals surface area contributed by atoms with Gasteiger partial charge >= 0.3 is 6.85 Å². The molecule has 0 N–H and O–H groups in total. The molecule has 0 atom stereocenters. The van der Waals surface area contributed by atoms with E-state index in [4.69, 9.17) is 4.74 Å². The summed E-state index contributed by atoms with van der Waals surface area (Å²) in [6, 6.07) is 46.4. The van der Waals surface area contributed by atoms with E-state index < -0.39 is 0 Å². The molecule has 33 heavy (non-hydrogen) atoms. The Hall–Kier alpha value is -4.24. The van der Waals surface area contributed by atoms with Gasteiger partial charge in [0.2, 0.25) is 0 Å². The molecular weight excluding hydrogens is 401 g/mol. The monoisotopic (exact) mass is 423 g/mol. The lowest BCUT2D eigenvalue weighted by Crippen LogP contribution is -2.57. The quantitative estimate of drug-likeness (QED) is 0.310. The zero-order valence-electron chi connectivity index (χ0n) is 18.1. The molecule has 1 aliphatic rings. The van der Waals surface area contributed by atoms with Crippen molar-refractivity contribution in [2.24, 2.45) is 0 Å². The number of anilines is 2. The van der Waals surface area contributed by atoms with Crippen molar-refractivity contribution in [3.05, 3.63) is 133 Å². The minimum atomic E-state index is 0.0258. The van der Waals surface area contributed by atoms with Crippen molar-refractivity contribution < 1.29 is 4.74 Å². The minimum Gasteiger partial charge on any atom is -0.455 e. The molecule has 0 aliphatic carbocycles. The second-order valence-corrected chi connectivity index (χ2v) is 8.17. The van der Waals surface area contributed by atoms with Crippen LogP contribution in [0.1, 0.15) is 0 Å². The fraction of sp³-hybridized carbons (Fsp3) is 0. The molecule has 0 saturated carbocycles. The maximum Gasteiger partial charge on any atom is 0.328 e. The first kappa shape index (κ1) is 19.5. The summed E-state index contributed by atoms with van der Waals surface area (Å²) in [5, 5.41) is 0. The Morgan fingerprint density at radius 2 is 1.06 bits per heavy atom. The predicted molar refractivity (Wildman–Crippen MR) is 138 cm³/mol. The lowest BCUT2D eigenvalue weighted by atomic mass is 9.46. The molecule has 0 bridgehead atoms. The fourth-order valence-corrected chi connectivity index (χ4v) is 4.76. The number of rotatable bonds is 4. The lowest BCUT2D eigenvalue weighted by Gasteiger charge is -2.39. The Kier molecular flexibility index (Phi) is 4.93. The average Bonchev–Trinajstić information content (AvgIpc) is 2.89. The van der Waals surface area contributed by atoms with E-state index in [9.17, 15) is 0 Å². The second-order valence-electron chi connectivity index (χ2n) is 8.17. The molecule has 1 aliphatic heterocycles. The average molecular weight is 423 g/mol. The molecule has 156 valence electrons. The third-order valence-corrected chi connectivity index (χ3v) is 6.18. The molecule has 0 unspecified atom stereocenters. The molecule has 2 nitrogen and oxygen atoms in total. The summed E-state index contributed by atoms with van der Waals surface area (Å²) in [4.78, 5) is 2.42. The standard InChI is InChI=1S/C30H22BNO/c1-3-13-23(14-4-1)31-27-19-9-7-17-25(27)26-18-8-10-20-28(26)32(31)29-21-11-12-22-30(29)33-24-15-5-2-6-16-24/h1-22H. The molecule has 0 spiro atoms. The summed E-state index contributed by atoms with van der Waals surface area (Å²) in [6.45, 7) is 0.0258. The Morgan fingerprint density at radius 1 is 0.485 bits per heavy atom. The van der Waals surface area contributed by atoms with E-state index in [1.54, 1.807) is 0 Å². The number of fused-ring (bicyclic) bond motifs is 3. The van der Waals surface area contributed by atoms with Gasteiger partial charge in [-0.25, -0.2) is 0 Å². The maximum absolute atomic E-state index is 6.41. The zero-order chi connectivity index (χ0) is 22.0. The largest absolute Gasteiger partial charge is 0.455 e. The molecule has 0 saturated heterocycles. The Morgan fingerprint density at radius 3 is 1.85 bits per heavy atom. The van der Waals surface area contributed by atoms with Gasteiger partial charge in [0.1, 0.15) is 11.5 Å². The van der Waals surface area contributed by atoms with Gasteiger partial charge in [0.25, 0.3) is 0 Å². The van der Waals surface area contributed by atoms with E-state index in [0.29, 0.717) is 0 Å². The molecular formula is C30H22BNO. The van der Waals surface area contributed by atoms with Crippen molar-refractivity contribution in [3.8, 4) is 22.6 Å². The smallest absolute Gasteiger partial charge is 0.328 e. The van der Waals surface area contributed by atoms with Crippen LogP contribution in [-0.2, 0) is 0 Å². The third kappa shape index (κ3) is 3.48. The van der Waals surface area contributed by atoms with Crippen molar-refractivity contribution in [2.45, 2.75) is 0 Å². The van der Waals surface area contributed by atoms with Gasteiger partial charge < -0.3 is 9.55 Å². The Balaban J connectivity index is 1.59. The van der Waals surface area contributed by atoms with E-state index in [1.807, 2.05) is 42.5 Å². The van der Waals surface area contributed by atoms with Gasteiger partial charge in [0.05, 0.1) is 5.69 Å². The fourth-order valence-electron chi connectivity index (χ4n) is 4.76. The van der Waals surface area contributed by atoms with Gasteiger partial charge in [-0.15, -0.1) is 0 Å². The van der Waals surface area contributed by atoms with Crippen LogP contribution in [0.25, 0.3) is 11.1 Å². The molecule has 1 heterocycles. The SMILES string of the molecule is c1ccc(Oc2ccccc2N2B(c3ccccc3)c3ccccc3-c3ccccc32)cc1. The van der Waals surface area contributed by atoms with Crippen molar-refractivity contribution in [2.75, 3.05) is 4.81 Å². The normalized spacial score (nSPS) is 12.1. The van der Waals surface area contributed by atoms with Crippen LogP contribution in [-0.4, -0.2) is 6.85 Å². The van der Waals surface area contributed by atoms with E-state index in [1.165, 1.54) is 27.7 Å². The molecule has 0 amide bonds. The number of hydrogen-bond donors (Lipinski definition) is 0. The number of para-hydroxylation sites is 4. The van der Waals surface area contributed by atoms with Gasteiger partial charge in [-0.05, 0) is 41.4 Å². The maximum atomic E-state index is 6.41. The predicted octanol–water partition coefficient (Wildman–Crippen LogP) is 6.40. The van der Waals surface area contributed by atoms with Crippen LogP contribution >= 0.6 is 0 Å². The van der Waals surface area contributed by atoms with E-state index in [-0.39, 0.29) is 6.85 Å². The Labute approximate surface area is 194 Å². The van der Waals surface area contributed by atoms with Crippen molar-refractivity contribution >= 4 is 29.1 Å². The summed E-state index contributed by atoms with van der Waals surface area (Å²) in [6.07, 6.45) is 0. The molecule has 0 radical (unpaired) electrons. The molecule has 6 rings (SSSR count). The van der Waals surface area contributed by atoms with Crippen LogP contribution in [0.3, 0.4) is 0 Å². The van der Waals surface area contributed by atoms with Gasteiger partial charge in [-0.1, -0.05) is 109 Å². The minimum absolute atomic E-state index is 0.0258. The van der Waals surface area contributed by atoms with E-state index in [2.05, 4.69) is 95.8 Å². The van der Waals surface area contributed by atoms with Crippen molar-refractivity contribution in [3.63, 3.8) is 0 Å². The first-order chi connectivity index (χ1) is 16.4. The van der Waals surface area contributed by atoms with E-state index >= 15 is 0 Å². The molecule has 0 fully saturated rings. The highest BCUT2D eigenvalue weighted by Crippen LogP contribution is 2.43. The molecule has 3 heteroatoms. The topological polar surface area (TPSA) is 12.5 Å². The van der Waals surface area contributed by atoms with Gasteiger partial charge in [-0.3, -0.25) is 0 Å². The van der Waals surface area contributed by atoms with Crippen LogP contribution in [0.4, 0.5) is 11.4 Å². The second kappa shape index (κ2) is 8.36. The van der Waals surface area contributed by atoms with Gasteiger partial charge in [-0.2, -0.15) is 0 Å². The van der Waals surface area contributed by atoms with Crippen molar-refractivity contribution in [1.82, 2.24) is 0 Å². The van der Waals surface area contributed by atoms with Crippen LogP contribution in [0.2, 0.25) is 0 Å². The summed E-state index contributed by atoms with van der Waals surface area (Å²) in [5.74, 6) is 1.66. The summed E-state index contributed by atoms with van der Waals surface area (Å²) >= 11 is 0. The molecule has 5 aromatic rings. The number of benzene rings is 5. The van der Waals surface area contributed by atoms with E-state index in [0.717, 1.165) is 17.2 Å². The molecule has 0 aromatic heterocycles. The highest BCUT2D eigenvalue weighted by Gasteiger charge is 2.37.